The summed E-state index contributed by atoms with van der Waals surface area (Å²) in [7, 11) is 0. The van der Waals surface area contributed by atoms with Gasteiger partial charge in [-0.25, -0.2) is 0 Å². The van der Waals surface area contributed by atoms with E-state index < -0.39 is 0 Å². The first-order valence-corrected chi connectivity index (χ1v) is 12.1. The van der Waals surface area contributed by atoms with Crippen LogP contribution in [0.2, 0.25) is 0 Å². The van der Waals surface area contributed by atoms with Crippen molar-refractivity contribution in [3.8, 4) is 29.2 Å². The summed E-state index contributed by atoms with van der Waals surface area (Å²) in [5, 5.41) is 27.2. The molecule has 1 aromatic heterocycles. The maximum atomic E-state index is 12.8. The van der Waals surface area contributed by atoms with Crippen LogP contribution in [-0.4, -0.2) is 44.4 Å². The monoisotopic (exact) mass is 472 g/mol. The number of para-hydroxylation sites is 1. The van der Waals surface area contributed by atoms with Crippen molar-refractivity contribution in [3.63, 3.8) is 0 Å². The van der Waals surface area contributed by atoms with Gasteiger partial charge in [0.15, 0.2) is 11.0 Å². The molecular formula is C26H28N6OS. The summed E-state index contributed by atoms with van der Waals surface area (Å²) in [6.07, 6.45) is 0.466. The van der Waals surface area contributed by atoms with E-state index in [4.69, 9.17) is 10.5 Å². The number of nitriles is 2. The van der Waals surface area contributed by atoms with Crippen LogP contribution >= 0.6 is 11.8 Å². The van der Waals surface area contributed by atoms with Gasteiger partial charge in [0.05, 0.1) is 30.7 Å². The number of hydrogen-bond donors (Lipinski definition) is 0. The van der Waals surface area contributed by atoms with Gasteiger partial charge in [0.2, 0.25) is 5.91 Å². The maximum Gasteiger partial charge on any atom is 0.233 e. The number of thioether (sulfide) groups is 1. The van der Waals surface area contributed by atoms with E-state index in [0.29, 0.717) is 24.1 Å². The molecule has 174 valence electrons. The van der Waals surface area contributed by atoms with E-state index in [9.17, 15) is 4.79 Å². The lowest BCUT2D eigenvalue weighted by molar-refractivity contribution is -0.128. The fourth-order valence-corrected chi connectivity index (χ4v) is 4.28. The molecule has 3 rings (SSSR count). The highest BCUT2D eigenvalue weighted by molar-refractivity contribution is 7.99. The largest absolute Gasteiger partial charge is 0.340 e. The Morgan fingerprint density at radius 1 is 0.971 bits per heavy atom. The molecule has 0 aliphatic rings. The SMILES string of the molecule is CC(C)(C)c1ccc(-c2nnc(SCC(=O)N(CCC#N)CCC#N)n2-c2ccccc2)cc1. The highest BCUT2D eigenvalue weighted by atomic mass is 32.2. The number of rotatable bonds is 9. The molecule has 8 heteroatoms. The van der Waals surface area contributed by atoms with E-state index >= 15 is 0 Å². The molecule has 0 atom stereocenters. The van der Waals surface area contributed by atoms with Gasteiger partial charge in [-0.2, -0.15) is 10.5 Å². The molecule has 3 aromatic rings. The Morgan fingerprint density at radius 3 is 2.15 bits per heavy atom. The molecule has 0 aliphatic carbocycles. The number of carbonyl (C=O) groups is 1. The van der Waals surface area contributed by atoms with E-state index in [1.165, 1.54) is 17.3 Å². The smallest absolute Gasteiger partial charge is 0.233 e. The van der Waals surface area contributed by atoms with Gasteiger partial charge in [-0.05, 0) is 23.1 Å². The number of carbonyl (C=O) groups excluding carboxylic acids is 1. The van der Waals surface area contributed by atoms with Crippen LogP contribution in [0, 0.1) is 22.7 Å². The zero-order valence-electron chi connectivity index (χ0n) is 19.7. The first kappa shape index (κ1) is 25.0. The van der Waals surface area contributed by atoms with Gasteiger partial charge in [-0.3, -0.25) is 9.36 Å². The molecule has 0 bridgehead atoms. The van der Waals surface area contributed by atoms with Crippen LogP contribution in [0.5, 0.6) is 0 Å². The van der Waals surface area contributed by atoms with Gasteiger partial charge in [0.1, 0.15) is 0 Å². The van der Waals surface area contributed by atoms with E-state index in [1.807, 2.05) is 34.9 Å². The van der Waals surface area contributed by atoms with Crippen molar-refractivity contribution in [1.82, 2.24) is 19.7 Å². The molecule has 0 radical (unpaired) electrons. The zero-order chi connectivity index (χ0) is 24.6. The molecule has 0 aliphatic heterocycles. The standard InChI is InChI=1S/C26H28N6OS/c1-26(2,3)21-13-11-20(12-14-21)24-29-30-25(32(24)22-9-5-4-6-10-22)34-19-23(33)31(17-7-15-27)18-8-16-28/h4-6,9-14H,7-8,17-19H2,1-3H3. The second-order valence-corrected chi connectivity index (χ2v) is 9.73. The Balaban J connectivity index is 1.89. The molecule has 0 unspecified atom stereocenters. The van der Waals surface area contributed by atoms with Crippen molar-refractivity contribution in [2.75, 3.05) is 18.8 Å². The summed E-state index contributed by atoms with van der Waals surface area (Å²) >= 11 is 1.30. The summed E-state index contributed by atoms with van der Waals surface area (Å²) in [6.45, 7) is 7.16. The third kappa shape index (κ3) is 6.24. The first-order valence-electron chi connectivity index (χ1n) is 11.1. The first-order chi connectivity index (χ1) is 16.3. The van der Waals surface area contributed by atoms with E-state index in [1.54, 1.807) is 4.90 Å². The van der Waals surface area contributed by atoms with Crippen LogP contribution in [-0.2, 0) is 10.2 Å². The Morgan fingerprint density at radius 2 is 1.59 bits per heavy atom. The van der Waals surface area contributed by atoms with Crippen LogP contribution < -0.4 is 0 Å². The zero-order valence-corrected chi connectivity index (χ0v) is 20.5. The minimum Gasteiger partial charge on any atom is -0.340 e. The van der Waals surface area contributed by atoms with Crippen molar-refractivity contribution >= 4 is 17.7 Å². The molecule has 1 amide bonds. The number of amides is 1. The minimum atomic E-state index is -0.130. The highest BCUT2D eigenvalue weighted by Gasteiger charge is 2.20. The quantitative estimate of drug-likeness (QED) is 0.407. The lowest BCUT2D eigenvalue weighted by Gasteiger charge is -2.20. The molecule has 0 N–H and O–H groups in total. The van der Waals surface area contributed by atoms with Crippen molar-refractivity contribution in [3.05, 3.63) is 60.2 Å². The Hall–Kier alpha value is -3.62. The predicted molar refractivity (Wildman–Crippen MR) is 133 cm³/mol. The molecule has 0 spiro atoms. The lowest BCUT2D eigenvalue weighted by Crippen LogP contribution is -2.34. The van der Waals surface area contributed by atoms with Crippen LogP contribution in [0.3, 0.4) is 0 Å². The summed E-state index contributed by atoms with van der Waals surface area (Å²) in [4.78, 5) is 14.4. The van der Waals surface area contributed by atoms with Crippen LogP contribution in [0.15, 0.2) is 59.8 Å². The molecular weight excluding hydrogens is 444 g/mol. The van der Waals surface area contributed by atoms with Gasteiger partial charge < -0.3 is 4.90 Å². The molecule has 2 aromatic carbocycles. The average Bonchev–Trinajstić information content (AvgIpc) is 3.26. The summed E-state index contributed by atoms with van der Waals surface area (Å²) < 4.78 is 1.96. The number of benzene rings is 2. The fraction of sp³-hybridized carbons (Fsp3) is 0.346. The summed E-state index contributed by atoms with van der Waals surface area (Å²) in [5.41, 5.74) is 3.13. The van der Waals surface area contributed by atoms with Crippen LogP contribution in [0.25, 0.3) is 17.1 Å². The Bertz CT molecular complexity index is 1170. The van der Waals surface area contributed by atoms with E-state index in [2.05, 4.69) is 67.4 Å². The Kier molecular flexibility index (Phi) is 8.45. The third-order valence-corrected chi connectivity index (χ3v) is 6.24. The van der Waals surface area contributed by atoms with E-state index in [-0.39, 0.29) is 29.9 Å². The predicted octanol–water partition coefficient (Wildman–Crippen LogP) is 4.98. The van der Waals surface area contributed by atoms with Gasteiger partial charge in [-0.1, -0.05) is 75.0 Å². The normalized spacial score (nSPS) is 11.0. The molecule has 0 fully saturated rings. The van der Waals surface area contributed by atoms with Crippen molar-refractivity contribution in [2.45, 2.75) is 44.2 Å². The van der Waals surface area contributed by atoms with Gasteiger partial charge in [0.25, 0.3) is 0 Å². The maximum absolute atomic E-state index is 12.8. The van der Waals surface area contributed by atoms with Crippen molar-refractivity contribution in [2.24, 2.45) is 0 Å². The summed E-state index contributed by atoms with van der Waals surface area (Å²) in [5.74, 6) is 0.715. The summed E-state index contributed by atoms with van der Waals surface area (Å²) in [6, 6.07) is 22.2. The molecule has 0 saturated heterocycles. The number of aromatic nitrogens is 3. The second kappa shape index (κ2) is 11.5. The van der Waals surface area contributed by atoms with Crippen molar-refractivity contribution in [1.29, 1.82) is 10.5 Å². The van der Waals surface area contributed by atoms with Crippen LogP contribution in [0.1, 0.15) is 39.2 Å². The Labute approximate surface area is 205 Å². The molecule has 0 saturated carbocycles. The number of hydrogen-bond acceptors (Lipinski definition) is 6. The second-order valence-electron chi connectivity index (χ2n) is 8.79. The number of nitrogens with zero attached hydrogens (tertiary/aromatic N) is 6. The van der Waals surface area contributed by atoms with Crippen LogP contribution in [0.4, 0.5) is 0 Å². The van der Waals surface area contributed by atoms with Gasteiger partial charge in [-0.15, -0.1) is 10.2 Å². The molecule has 34 heavy (non-hydrogen) atoms. The topological polar surface area (TPSA) is 98.6 Å². The van der Waals surface area contributed by atoms with Crippen molar-refractivity contribution < 1.29 is 4.79 Å². The highest BCUT2D eigenvalue weighted by Crippen LogP contribution is 2.30. The van der Waals surface area contributed by atoms with E-state index in [0.717, 1.165) is 11.3 Å². The minimum absolute atomic E-state index is 0.0516. The van der Waals surface area contributed by atoms with Gasteiger partial charge in [0, 0.05) is 24.3 Å². The molecule has 1 heterocycles. The average molecular weight is 473 g/mol. The lowest BCUT2D eigenvalue weighted by atomic mass is 9.87. The fourth-order valence-electron chi connectivity index (χ4n) is 3.43. The van der Waals surface area contributed by atoms with Gasteiger partial charge >= 0.3 is 0 Å². The molecule has 7 nitrogen and oxygen atoms in total. The third-order valence-electron chi connectivity index (χ3n) is 5.32.